The van der Waals surface area contributed by atoms with E-state index in [1.54, 1.807) is 0 Å². The van der Waals surface area contributed by atoms with Gasteiger partial charge in [-0.3, -0.25) is 0 Å². The molecule has 0 aliphatic heterocycles. The summed E-state index contributed by atoms with van der Waals surface area (Å²) in [4.78, 5) is 0. The van der Waals surface area contributed by atoms with Crippen LogP contribution in [0.15, 0.2) is 30.5 Å². The highest BCUT2D eigenvalue weighted by molar-refractivity contribution is 5.81. The second kappa shape index (κ2) is 7.51. The molecule has 2 aromatic rings. The van der Waals surface area contributed by atoms with Gasteiger partial charge in [0.15, 0.2) is 0 Å². The topological polar surface area (TPSA) is 23.4 Å². The first kappa shape index (κ1) is 15.9. The summed E-state index contributed by atoms with van der Waals surface area (Å²) in [5, 5.41) is 1.22. The third-order valence-electron chi connectivity index (χ3n) is 3.43. The molecule has 1 aromatic carbocycles. The van der Waals surface area contributed by atoms with Crippen molar-refractivity contribution in [3.63, 3.8) is 0 Å². The van der Waals surface area contributed by atoms with Crippen molar-refractivity contribution in [2.45, 2.75) is 46.8 Å². The minimum atomic E-state index is 0.207. The normalized spacial score (nSPS) is 11.7. The Morgan fingerprint density at radius 3 is 2.57 bits per heavy atom. The van der Waals surface area contributed by atoms with E-state index in [1.165, 1.54) is 10.9 Å². The highest BCUT2D eigenvalue weighted by Gasteiger charge is 2.04. The largest absolute Gasteiger partial charge is 0.491 e. The summed E-state index contributed by atoms with van der Waals surface area (Å²) >= 11 is 0. The second-order valence-corrected chi connectivity index (χ2v) is 6.19. The van der Waals surface area contributed by atoms with Crippen molar-refractivity contribution in [1.82, 2.24) is 4.57 Å². The standard InChI is InChI=1S/C18H27NO2/c1-14(2)8-11-20-12-10-19-9-7-16-13-17(21-15(3)4)5-6-18(16)19/h5-7,9,13-15H,8,10-12H2,1-4H3. The molecule has 0 radical (unpaired) electrons. The molecule has 3 heteroatoms. The summed E-state index contributed by atoms with van der Waals surface area (Å²) in [5.74, 6) is 1.64. The van der Waals surface area contributed by atoms with Crippen LogP contribution in [0.1, 0.15) is 34.1 Å². The van der Waals surface area contributed by atoms with E-state index in [0.29, 0.717) is 5.92 Å². The lowest BCUT2D eigenvalue weighted by Gasteiger charge is -2.11. The number of nitrogens with zero attached hydrogens (tertiary/aromatic N) is 1. The summed E-state index contributed by atoms with van der Waals surface area (Å²) in [5.41, 5.74) is 1.23. The fraction of sp³-hybridized carbons (Fsp3) is 0.556. The minimum absolute atomic E-state index is 0.207. The van der Waals surface area contributed by atoms with Gasteiger partial charge in [0, 0.05) is 30.3 Å². The van der Waals surface area contributed by atoms with Crippen molar-refractivity contribution in [1.29, 1.82) is 0 Å². The fourth-order valence-corrected chi connectivity index (χ4v) is 2.30. The maximum Gasteiger partial charge on any atom is 0.120 e. The molecule has 0 aliphatic rings. The molecule has 0 unspecified atom stereocenters. The molecule has 0 bridgehead atoms. The van der Waals surface area contributed by atoms with Crippen LogP contribution in [0.2, 0.25) is 0 Å². The Morgan fingerprint density at radius 2 is 1.86 bits per heavy atom. The molecule has 3 nitrogen and oxygen atoms in total. The fourth-order valence-electron chi connectivity index (χ4n) is 2.30. The Hall–Kier alpha value is -1.48. The van der Waals surface area contributed by atoms with Gasteiger partial charge >= 0.3 is 0 Å². The predicted molar refractivity (Wildman–Crippen MR) is 88.0 cm³/mol. The maximum absolute atomic E-state index is 5.73. The predicted octanol–water partition coefficient (Wildman–Crippen LogP) is 4.49. The Bertz CT molecular complexity index is 557. The van der Waals surface area contributed by atoms with Gasteiger partial charge < -0.3 is 14.0 Å². The van der Waals surface area contributed by atoms with E-state index < -0.39 is 0 Å². The number of rotatable bonds is 8. The lowest BCUT2D eigenvalue weighted by atomic mass is 10.1. The van der Waals surface area contributed by atoms with Gasteiger partial charge in [0.25, 0.3) is 0 Å². The summed E-state index contributed by atoms with van der Waals surface area (Å²) in [6, 6.07) is 8.40. The Morgan fingerprint density at radius 1 is 1.05 bits per heavy atom. The number of ether oxygens (including phenoxy) is 2. The molecule has 0 N–H and O–H groups in total. The van der Waals surface area contributed by atoms with Crippen molar-refractivity contribution >= 4 is 10.9 Å². The molecular formula is C18H27NO2. The number of hydrogen-bond acceptors (Lipinski definition) is 2. The highest BCUT2D eigenvalue weighted by atomic mass is 16.5. The van der Waals surface area contributed by atoms with E-state index in [2.05, 4.69) is 42.8 Å². The minimum Gasteiger partial charge on any atom is -0.491 e. The van der Waals surface area contributed by atoms with Crippen molar-refractivity contribution in [3.8, 4) is 5.75 Å². The van der Waals surface area contributed by atoms with Gasteiger partial charge in [-0.05, 0) is 50.5 Å². The molecule has 21 heavy (non-hydrogen) atoms. The average molecular weight is 289 g/mol. The first-order valence-corrected chi connectivity index (χ1v) is 7.89. The molecule has 2 rings (SSSR count). The quantitative estimate of drug-likeness (QED) is 0.668. The monoisotopic (exact) mass is 289 g/mol. The zero-order valence-corrected chi connectivity index (χ0v) is 13.6. The van der Waals surface area contributed by atoms with E-state index in [4.69, 9.17) is 9.47 Å². The summed E-state index contributed by atoms with van der Waals surface area (Å²) in [6.45, 7) is 11.0. The van der Waals surface area contributed by atoms with Gasteiger partial charge in [-0.15, -0.1) is 0 Å². The van der Waals surface area contributed by atoms with Crippen LogP contribution in [0.25, 0.3) is 10.9 Å². The van der Waals surface area contributed by atoms with Crippen LogP contribution in [0, 0.1) is 5.92 Å². The Labute approximate surface area is 127 Å². The van der Waals surface area contributed by atoms with Crippen LogP contribution in [0.4, 0.5) is 0 Å². The van der Waals surface area contributed by atoms with Crippen LogP contribution >= 0.6 is 0 Å². The van der Waals surface area contributed by atoms with Gasteiger partial charge in [0.1, 0.15) is 5.75 Å². The van der Waals surface area contributed by atoms with E-state index >= 15 is 0 Å². The van der Waals surface area contributed by atoms with Crippen molar-refractivity contribution in [2.24, 2.45) is 5.92 Å². The van der Waals surface area contributed by atoms with Gasteiger partial charge in [-0.1, -0.05) is 13.8 Å². The number of fused-ring (bicyclic) bond motifs is 1. The average Bonchev–Trinajstić information content (AvgIpc) is 2.80. The highest BCUT2D eigenvalue weighted by Crippen LogP contribution is 2.22. The molecule has 1 heterocycles. The molecule has 0 atom stereocenters. The molecule has 0 saturated heterocycles. The molecule has 0 amide bonds. The van der Waals surface area contributed by atoms with Crippen LogP contribution in [-0.2, 0) is 11.3 Å². The van der Waals surface area contributed by atoms with Crippen LogP contribution in [0.3, 0.4) is 0 Å². The first-order valence-electron chi connectivity index (χ1n) is 7.89. The van der Waals surface area contributed by atoms with E-state index in [-0.39, 0.29) is 6.10 Å². The molecule has 116 valence electrons. The van der Waals surface area contributed by atoms with Crippen molar-refractivity contribution in [2.75, 3.05) is 13.2 Å². The Balaban J connectivity index is 1.92. The molecule has 1 aromatic heterocycles. The third-order valence-corrected chi connectivity index (χ3v) is 3.43. The van der Waals surface area contributed by atoms with Crippen molar-refractivity contribution < 1.29 is 9.47 Å². The SMILES string of the molecule is CC(C)CCOCCn1ccc2cc(OC(C)C)ccc21. The van der Waals surface area contributed by atoms with Gasteiger partial charge in [-0.2, -0.15) is 0 Å². The molecule has 0 aliphatic carbocycles. The van der Waals surface area contributed by atoms with E-state index in [0.717, 1.165) is 31.9 Å². The van der Waals surface area contributed by atoms with Gasteiger partial charge in [0.05, 0.1) is 12.7 Å². The van der Waals surface area contributed by atoms with Gasteiger partial charge in [0.2, 0.25) is 0 Å². The van der Waals surface area contributed by atoms with Crippen molar-refractivity contribution in [3.05, 3.63) is 30.5 Å². The van der Waals surface area contributed by atoms with E-state index in [9.17, 15) is 0 Å². The summed E-state index contributed by atoms with van der Waals surface area (Å²) in [6.07, 6.45) is 3.46. The zero-order valence-electron chi connectivity index (χ0n) is 13.6. The maximum atomic E-state index is 5.73. The molecule has 0 fully saturated rings. The van der Waals surface area contributed by atoms with Crippen LogP contribution in [-0.4, -0.2) is 23.9 Å². The van der Waals surface area contributed by atoms with Crippen LogP contribution in [0.5, 0.6) is 5.75 Å². The summed E-state index contributed by atoms with van der Waals surface area (Å²) < 4.78 is 13.7. The summed E-state index contributed by atoms with van der Waals surface area (Å²) in [7, 11) is 0. The molecular weight excluding hydrogens is 262 g/mol. The number of hydrogen-bond donors (Lipinski definition) is 0. The van der Waals surface area contributed by atoms with E-state index in [1.807, 2.05) is 19.9 Å². The number of benzene rings is 1. The smallest absolute Gasteiger partial charge is 0.120 e. The molecule has 0 saturated carbocycles. The zero-order chi connectivity index (χ0) is 15.2. The lowest BCUT2D eigenvalue weighted by molar-refractivity contribution is 0.117. The Kier molecular flexibility index (Phi) is 5.68. The van der Waals surface area contributed by atoms with Gasteiger partial charge in [-0.25, -0.2) is 0 Å². The third kappa shape index (κ3) is 4.78. The molecule has 0 spiro atoms. The second-order valence-electron chi connectivity index (χ2n) is 6.19. The van der Waals surface area contributed by atoms with Crippen LogP contribution < -0.4 is 4.74 Å². The lowest BCUT2D eigenvalue weighted by Crippen LogP contribution is -2.07. The first-order chi connectivity index (χ1) is 10.1. The number of aromatic nitrogens is 1.